The fraction of sp³-hybridized carbons (Fsp3) is 0.158. The number of halogens is 1. The number of aromatic nitrogens is 1. The molecule has 24 heavy (non-hydrogen) atoms. The fourth-order valence-corrected chi connectivity index (χ4v) is 3.21. The van der Waals surface area contributed by atoms with Crippen molar-refractivity contribution in [3.8, 4) is 11.3 Å². The SMILES string of the molecule is CCc1nc(-c2ccc(C(=O)Nc3ccc(C)c(Cl)c3)cc2)cs1. The summed E-state index contributed by atoms with van der Waals surface area (Å²) in [6.07, 6.45) is 0.935. The molecule has 0 aliphatic rings. The van der Waals surface area contributed by atoms with Crippen molar-refractivity contribution in [3.05, 3.63) is 69.0 Å². The predicted molar refractivity (Wildman–Crippen MR) is 101 cm³/mol. The molecule has 3 aromatic rings. The van der Waals surface area contributed by atoms with Gasteiger partial charge in [0.05, 0.1) is 10.7 Å². The topological polar surface area (TPSA) is 42.0 Å². The molecular weight excluding hydrogens is 340 g/mol. The summed E-state index contributed by atoms with van der Waals surface area (Å²) in [6.45, 7) is 4.02. The Hall–Kier alpha value is -2.17. The van der Waals surface area contributed by atoms with Gasteiger partial charge in [0.1, 0.15) is 0 Å². The van der Waals surface area contributed by atoms with Gasteiger partial charge in [-0.25, -0.2) is 4.98 Å². The van der Waals surface area contributed by atoms with Crippen molar-refractivity contribution in [1.82, 2.24) is 4.98 Å². The normalized spacial score (nSPS) is 10.6. The molecule has 1 amide bonds. The molecule has 3 rings (SSSR count). The van der Waals surface area contributed by atoms with Gasteiger partial charge in [0, 0.05) is 27.2 Å². The summed E-state index contributed by atoms with van der Waals surface area (Å²) in [6, 6.07) is 12.9. The second-order valence-electron chi connectivity index (χ2n) is 5.48. The van der Waals surface area contributed by atoms with Crippen LogP contribution in [0.2, 0.25) is 5.02 Å². The molecule has 0 radical (unpaired) electrons. The first-order chi connectivity index (χ1) is 11.6. The van der Waals surface area contributed by atoms with Crippen LogP contribution < -0.4 is 5.32 Å². The summed E-state index contributed by atoms with van der Waals surface area (Å²) < 4.78 is 0. The summed E-state index contributed by atoms with van der Waals surface area (Å²) in [5, 5.41) is 6.66. The third kappa shape index (κ3) is 3.66. The van der Waals surface area contributed by atoms with Gasteiger partial charge in [0.25, 0.3) is 5.91 Å². The first-order valence-electron chi connectivity index (χ1n) is 7.69. The van der Waals surface area contributed by atoms with Crippen molar-refractivity contribution >= 4 is 34.5 Å². The summed E-state index contributed by atoms with van der Waals surface area (Å²) in [4.78, 5) is 16.9. The van der Waals surface area contributed by atoms with E-state index in [4.69, 9.17) is 11.6 Å². The molecule has 0 spiro atoms. The van der Waals surface area contributed by atoms with E-state index >= 15 is 0 Å². The molecule has 3 nitrogen and oxygen atoms in total. The molecule has 0 atom stereocenters. The molecule has 0 aliphatic heterocycles. The maximum atomic E-state index is 12.3. The standard InChI is InChI=1S/C19H17ClN2OS/c1-3-18-22-17(11-24-18)13-5-7-14(8-6-13)19(23)21-15-9-4-12(2)16(20)10-15/h4-11H,3H2,1-2H3,(H,21,23). The Morgan fingerprint density at radius 2 is 1.96 bits per heavy atom. The summed E-state index contributed by atoms with van der Waals surface area (Å²) in [7, 11) is 0. The van der Waals surface area contributed by atoms with Gasteiger partial charge in [-0.05, 0) is 43.2 Å². The first kappa shape index (κ1) is 16.7. The average Bonchev–Trinajstić information content (AvgIpc) is 3.07. The van der Waals surface area contributed by atoms with E-state index in [1.54, 1.807) is 17.4 Å². The average molecular weight is 357 g/mol. The molecule has 2 aromatic carbocycles. The van der Waals surface area contributed by atoms with Crippen molar-refractivity contribution in [1.29, 1.82) is 0 Å². The van der Waals surface area contributed by atoms with Crippen molar-refractivity contribution in [3.63, 3.8) is 0 Å². The second kappa shape index (κ2) is 7.16. The third-order valence-corrected chi connectivity index (χ3v) is 5.13. The summed E-state index contributed by atoms with van der Waals surface area (Å²) in [5.74, 6) is -0.158. The van der Waals surface area contributed by atoms with Gasteiger partial charge in [-0.15, -0.1) is 11.3 Å². The maximum absolute atomic E-state index is 12.3. The Kier molecular flexibility index (Phi) is 4.97. The van der Waals surface area contributed by atoms with E-state index in [1.165, 1.54) is 0 Å². The Labute approximate surface area is 150 Å². The molecule has 0 bridgehead atoms. The molecule has 0 aliphatic carbocycles. The van der Waals surface area contributed by atoms with Gasteiger partial charge in [-0.2, -0.15) is 0 Å². The highest BCUT2D eigenvalue weighted by Crippen LogP contribution is 2.23. The molecule has 0 saturated heterocycles. The zero-order valence-corrected chi connectivity index (χ0v) is 15.0. The number of aryl methyl sites for hydroxylation is 2. The van der Waals surface area contributed by atoms with E-state index in [9.17, 15) is 4.79 Å². The molecule has 122 valence electrons. The highest BCUT2D eigenvalue weighted by molar-refractivity contribution is 7.09. The number of carbonyl (C=O) groups is 1. The monoisotopic (exact) mass is 356 g/mol. The number of benzene rings is 2. The Morgan fingerprint density at radius 3 is 2.58 bits per heavy atom. The molecule has 0 saturated carbocycles. The lowest BCUT2D eigenvalue weighted by molar-refractivity contribution is 0.102. The fourth-order valence-electron chi connectivity index (χ4n) is 2.27. The van der Waals surface area contributed by atoms with Crippen molar-refractivity contribution in [2.45, 2.75) is 20.3 Å². The largest absolute Gasteiger partial charge is 0.322 e. The number of nitrogens with zero attached hydrogens (tertiary/aromatic N) is 1. The van der Waals surface area contributed by atoms with Crippen LogP contribution in [-0.2, 0) is 6.42 Å². The van der Waals surface area contributed by atoms with E-state index in [1.807, 2.05) is 48.7 Å². The lowest BCUT2D eigenvalue weighted by Gasteiger charge is -2.07. The van der Waals surface area contributed by atoms with Crippen molar-refractivity contribution in [2.24, 2.45) is 0 Å². The van der Waals surface area contributed by atoms with Gasteiger partial charge in [-0.3, -0.25) is 4.79 Å². The maximum Gasteiger partial charge on any atom is 0.255 e. The zero-order chi connectivity index (χ0) is 17.1. The van der Waals surface area contributed by atoms with E-state index < -0.39 is 0 Å². The van der Waals surface area contributed by atoms with Gasteiger partial charge in [-0.1, -0.05) is 36.7 Å². The van der Waals surface area contributed by atoms with Crippen molar-refractivity contribution < 1.29 is 4.79 Å². The van der Waals surface area contributed by atoms with E-state index in [-0.39, 0.29) is 5.91 Å². The summed E-state index contributed by atoms with van der Waals surface area (Å²) >= 11 is 7.74. The Morgan fingerprint density at radius 1 is 1.21 bits per heavy atom. The van der Waals surface area contributed by atoms with Gasteiger partial charge >= 0.3 is 0 Å². The number of carbonyl (C=O) groups excluding carboxylic acids is 1. The third-order valence-electron chi connectivity index (χ3n) is 3.73. The number of hydrogen-bond acceptors (Lipinski definition) is 3. The molecule has 1 heterocycles. The summed E-state index contributed by atoms with van der Waals surface area (Å²) in [5.41, 5.74) is 4.23. The molecular formula is C19H17ClN2OS. The van der Waals surface area contributed by atoms with Crippen LogP contribution in [0.1, 0.15) is 27.9 Å². The lowest BCUT2D eigenvalue weighted by atomic mass is 10.1. The van der Waals surface area contributed by atoms with E-state index in [0.29, 0.717) is 16.3 Å². The number of nitrogens with one attached hydrogen (secondary N) is 1. The minimum absolute atomic E-state index is 0.158. The van der Waals surface area contributed by atoms with Crippen molar-refractivity contribution in [2.75, 3.05) is 5.32 Å². The Balaban J connectivity index is 1.74. The van der Waals surface area contributed by atoms with Gasteiger partial charge in [0.15, 0.2) is 0 Å². The van der Waals surface area contributed by atoms with Crippen LogP contribution in [0.5, 0.6) is 0 Å². The van der Waals surface area contributed by atoms with E-state index in [0.717, 1.165) is 28.2 Å². The second-order valence-corrected chi connectivity index (χ2v) is 6.83. The molecule has 1 aromatic heterocycles. The smallest absolute Gasteiger partial charge is 0.255 e. The first-order valence-corrected chi connectivity index (χ1v) is 8.95. The minimum Gasteiger partial charge on any atom is -0.322 e. The van der Waals surface area contributed by atoms with Crippen LogP contribution in [0.15, 0.2) is 47.8 Å². The number of anilines is 1. The van der Waals surface area contributed by atoms with Crippen LogP contribution in [0.3, 0.4) is 0 Å². The van der Waals surface area contributed by atoms with Crippen LogP contribution in [-0.4, -0.2) is 10.9 Å². The zero-order valence-electron chi connectivity index (χ0n) is 13.5. The molecule has 0 fully saturated rings. The lowest BCUT2D eigenvalue weighted by Crippen LogP contribution is -2.11. The highest BCUT2D eigenvalue weighted by Gasteiger charge is 2.09. The molecule has 5 heteroatoms. The van der Waals surface area contributed by atoms with Crippen LogP contribution in [0.25, 0.3) is 11.3 Å². The number of thiazole rings is 1. The quantitative estimate of drug-likeness (QED) is 0.662. The predicted octanol–water partition coefficient (Wildman–Crippen LogP) is 5.59. The van der Waals surface area contributed by atoms with Gasteiger partial charge < -0.3 is 5.32 Å². The highest BCUT2D eigenvalue weighted by atomic mass is 35.5. The number of hydrogen-bond donors (Lipinski definition) is 1. The minimum atomic E-state index is -0.158. The van der Waals surface area contributed by atoms with Crippen LogP contribution in [0.4, 0.5) is 5.69 Å². The number of amides is 1. The number of rotatable bonds is 4. The van der Waals surface area contributed by atoms with Crippen LogP contribution in [0, 0.1) is 6.92 Å². The van der Waals surface area contributed by atoms with E-state index in [2.05, 4.69) is 17.2 Å². The van der Waals surface area contributed by atoms with Crippen LogP contribution >= 0.6 is 22.9 Å². The molecule has 1 N–H and O–H groups in total. The molecule has 0 unspecified atom stereocenters. The Bertz CT molecular complexity index is 871. The van der Waals surface area contributed by atoms with Gasteiger partial charge in [0.2, 0.25) is 0 Å².